The van der Waals surface area contributed by atoms with Gasteiger partial charge >= 0.3 is 0 Å². The van der Waals surface area contributed by atoms with Crippen LogP contribution in [0.1, 0.15) is 36.7 Å². The molecule has 4 N–H and O–H groups in total. The number of nitriles is 1. The van der Waals surface area contributed by atoms with Gasteiger partial charge in [0.05, 0.1) is 47.6 Å². The van der Waals surface area contributed by atoms with E-state index in [4.69, 9.17) is 10.5 Å². The third-order valence-corrected chi connectivity index (χ3v) is 4.96. The highest BCUT2D eigenvalue weighted by molar-refractivity contribution is 9.10. The first-order valence-electron chi connectivity index (χ1n) is 9.08. The van der Waals surface area contributed by atoms with Crippen LogP contribution < -0.4 is 11.1 Å². The van der Waals surface area contributed by atoms with Crippen molar-refractivity contribution in [2.75, 3.05) is 6.61 Å². The molecule has 7 nitrogen and oxygen atoms in total. The Labute approximate surface area is 177 Å². The molecule has 0 fully saturated rings. The highest BCUT2D eigenvalue weighted by Crippen LogP contribution is 2.26. The number of fused-ring (bicyclic) bond motifs is 1. The van der Waals surface area contributed by atoms with Crippen molar-refractivity contribution < 1.29 is 9.53 Å². The number of nitrogens with two attached hydrogens (primary N) is 1. The average molecular weight is 456 g/mol. The lowest BCUT2D eigenvalue weighted by atomic mass is 10.0. The molecule has 0 unspecified atom stereocenters. The van der Waals surface area contributed by atoms with Gasteiger partial charge in [0.1, 0.15) is 0 Å². The van der Waals surface area contributed by atoms with Crippen molar-refractivity contribution in [3.05, 3.63) is 63.8 Å². The molecule has 0 radical (unpaired) electrons. The van der Waals surface area contributed by atoms with E-state index in [1.54, 1.807) is 19.9 Å². The van der Waals surface area contributed by atoms with Crippen molar-refractivity contribution in [2.24, 2.45) is 5.73 Å². The second-order valence-electron chi connectivity index (χ2n) is 7.33. The SMILES string of the molecule is CC(C)(N)C(=O)N[C@H](COCc1ccccc1C#N)c1[nH]nc2ccc(Br)cc12. The first-order chi connectivity index (χ1) is 13.8. The number of hydrogen-bond donors (Lipinski definition) is 3. The predicted octanol–water partition coefficient (Wildman–Crippen LogP) is 3.31. The molecule has 3 aromatic rings. The maximum Gasteiger partial charge on any atom is 0.240 e. The van der Waals surface area contributed by atoms with E-state index in [0.29, 0.717) is 5.56 Å². The van der Waals surface area contributed by atoms with Gasteiger partial charge in [-0.1, -0.05) is 34.1 Å². The zero-order chi connectivity index (χ0) is 21.0. The van der Waals surface area contributed by atoms with Crippen molar-refractivity contribution in [1.29, 1.82) is 5.26 Å². The van der Waals surface area contributed by atoms with E-state index in [2.05, 4.69) is 37.5 Å². The number of ether oxygens (including phenoxy) is 1. The first-order valence-corrected chi connectivity index (χ1v) is 9.88. The maximum absolute atomic E-state index is 12.5. The molecule has 1 atom stereocenters. The van der Waals surface area contributed by atoms with Crippen LogP contribution in [0.4, 0.5) is 0 Å². The molecule has 2 aromatic carbocycles. The number of benzene rings is 2. The highest BCUT2D eigenvalue weighted by Gasteiger charge is 2.27. The lowest BCUT2D eigenvalue weighted by molar-refractivity contribution is -0.126. The molecule has 3 rings (SSSR count). The number of amides is 1. The fourth-order valence-corrected chi connectivity index (χ4v) is 3.21. The van der Waals surface area contributed by atoms with Gasteiger partial charge in [0.15, 0.2) is 0 Å². The van der Waals surface area contributed by atoms with Crippen LogP contribution in [0, 0.1) is 11.3 Å². The Morgan fingerprint density at radius 2 is 2.14 bits per heavy atom. The summed E-state index contributed by atoms with van der Waals surface area (Å²) in [6.07, 6.45) is 0. The fraction of sp³-hybridized carbons (Fsp3) is 0.286. The Hall–Kier alpha value is -2.73. The number of halogens is 1. The zero-order valence-corrected chi connectivity index (χ0v) is 17.8. The predicted molar refractivity (Wildman–Crippen MR) is 114 cm³/mol. The molecule has 0 saturated carbocycles. The van der Waals surface area contributed by atoms with Crippen LogP contribution in [0.5, 0.6) is 0 Å². The normalized spacial score (nSPS) is 12.5. The van der Waals surface area contributed by atoms with Gasteiger partial charge in [-0.05, 0) is 43.7 Å². The van der Waals surface area contributed by atoms with Gasteiger partial charge in [-0.2, -0.15) is 10.4 Å². The number of hydrogen-bond acceptors (Lipinski definition) is 5. The smallest absolute Gasteiger partial charge is 0.240 e. The maximum atomic E-state index is 12.5. The summed E-state index contributed by atoms with van der Waals surface area (Å²) in [6, 6.07) is 14.6. The Balaban J connectivity index is 1.84. The van der Waals surface area contributed by atoms with Gasteiger partial charge in [0.25, 0.3) is 0 Å². The molecule has 0 aliphatic heterocycles. The monoisotopic (exact) mass is 455 g/mol. The van der Waals surface area contributed by atoms with Crippen LogP contribution in [0.3, 0.4) is 0 Å². The zero-order valence-electron chi connectivity index (χ0n) is 16.2. The Morgan fingerprint density at radius 3 is 2.86 bits per heavy atom. The van der Waals surface area contributed by atoms with E-state index in [1.807, 2.05) is 36.4 Å². The first kappa shape index (κ1) is 21.0. The van der Waals surface area contributed by atoms with Crippen LogP contribution in [-0.4, -0.2) is 28.3 Å². The number of aromatic amines is 1. The highest BCUT2D eigenvalue weighted by atomic mass is 79.9. The van der Waals surface area contributed by atoms with E-state index in [9.17, 15) is 10.1 Å². The van der Waals surface area contributed by atoms with Gasteiger partial charge in [-0.3, -0.25) is 9.89 Å². The molecule has 8 heteroatoms. The summed E-state index contributed by atoms with van der Waals surface area (Å²) < 4.78 is 6.78. The minimum absolute atomic E-state index is 0.186. The molecule has 150 valence electrons. The van der Waals surface area contributed by atoms with Gasteiger partial charge in [0, 0.05) is 9.86 Å². The van der Waals surface area contributed by atoms with Crippen LogP contribution in [-0.2, 0) is 16.1 Å². The summed E-state index contributed by atoms with van der Waals surface area (Å²) in [4.78, 5) is 12.5. The van der Waals surface area contributed by atoms with Crippen LogP contribution in [0.2, 0.25) is 0 Å². The Bertz CT molecular complexity index is 1060. The molecule has 1 amide bonds. The van der Waals surface area contributed by atoms with Gasteiger partial charge in [-0.15, -0.1) is 0 Å². The molecule has 0 saturated heterocycles. The number of rotatable bonds is 7. The summed E-state index contributed by atoms with van der Waals surface area (Å²) in [7, 11) is 0. The van der Waals surface area contributed by atoms with Crippen LogP contribution in [0.15, 0.2) is 46.9 Å². The summed E-state index contributed by atoms with van der Waals surface area (Å²) in [5.41, 5.74) is 7.77. The van der Waals surface area contributed by atoms with E-state index in [-0.39, 0.29) is 19.1 Å². The molecular formula is C21H22BrN5O2. The molecule has 0 bridgehead atoms. The third kappa shape index (κ3) is 5.01. The summed E-state index contributed by atoms with van der Waals surface area (Å²) in [6.45, 7) is 3.72. The largest absolute Gasteiger partial charge is 0.374 e. The van der Waals surface area contributed by atoms with Gasteiger partial charge in [0.2, 0.25) is 5.91 Å². The minimum atomic E-state index is -1.04. The average Bonchev–Trinajstić information content (AvgIpc) is 3.09. The second kappa shape index (κ2) is 8.74. The summed E-state index contributed by atoms with van der Waals surface area (Å²) in [5, 5.41) is 20.4. The van der Waals surface area contributed by atoms with E-state index in [0.717, 1.165) is 26.6 Å². The number of H-pyrrole nitrogens is 1. The topological polar surface area (TPSA) is 117 Å². The second-order valence-corrected chi connectivity index (χ2v) is 8.25. The lowest BCUT2D eigenvalue weighted by Crippen LogP contribution is -2.50. The standard InChI is InChI=1S/C21H22BrN5O2/c1-21(2,24)20(28)25-18(12-29-11-14-6-4-3-5-13(14)10-23)19-16-9-15(22)7-8-17(16)26-27-19/h3-9,18H,11-12,24H2,1-2H3,(H,25,28)(H,26,27)/t18-/m1/s1. The number of carbonyl (C=O) groups is 1. The molecule has 0 aliphatic rings. The Morgan fingerprint density at radius 1 is 1.38 bits per heavy atom. The van der Waals surface area contributed by atoms with Crippen molar-refractivity contribution in [3.8, 4) is 6.07 Å². The summed E-state index contributed by atoms with van der Waals surface area (Å²) >= 11 is 3.47. The fourth-order valence-electron chi connectivity index (χ4n) is 2.85. The van der Waals surface area contributed by atoms with Gasteiger partial charge in [-0.25, -0.2) is 0 Å². The van der Waals surface area contributed by atoms with Gasteiger partial charge < -0.3 is 15.8 Å². The molecule has 29 heavy (non-hydrogen) atoms. The summed E-state index contributed by atoms with van der Waals surface area (Å²) in [5.74, 6) is -0.304. The number of aromatic nitrogens is 2. The Kier molecular flexibility index (Phi) is 6.33. The molecule has 1 heterocycles. The van der Waals surface area contributed by atoms with Crippen LogP contribution >= 0.6 is 15.9 Å². The van der Waals surface area contributed by atoms with Crippen molar-refractivity contribution in [3.63, 3.8) is 0 Å². The van der Waals surface area contributed by atoms with Crippen molar-refractivity contribution in [2.45, 2.75) is 32.0 Å². The molecular weight excluding hydrogens is 434 g/mol. The molecule has 0 spiro atoms. The van der Waals surface area contributed by atoms with E-state index in [1.165, 1.54) is 0 Å². The van der Waals surface area contributed by atoms with Crippen molar-refractivity contribution in [1.82, 2.24) is 15.5 Å². The number of nitrogens with zero attached hydrogens (tertiary/aromatic N) is 2. The molecule has 1 aromatic heterocycles. The van der Waals surface area contributed by atoms with E-state index >= 15 is 0 Å². The lowest BCUT2D eigenvalue weighted by Gasteiger charge is -2.24. The third-order valence-electron chi connectivity index (χ3n) is 4.46. The minimum Gasteiger partial charge on any atom is -0.374 e. The molecule has 0 aliphatic carbocycles. The number of nitrogens with one attached hydrogen (secondary N) is 2. The van der Waals surface area contributed by atoms with Crippen molar-refractivity contribution >= 4 is 32.7 Å². The number of carbonyl (C=O) groups excluding carboxylic acids is 1. The quantitative estimate of drug-likeness (QED) is 0.505. The van der Waals surface area contributed by atoms with Crippen LogP contribution in [0.25, 0.3) is 10.9 Å². The van der Waals surface area contributed by atoms with E-state index < -0.39 is 11.6 Å².